The van der Waals surface area contributed by atoms with Gasteiger partial charge in [0.15, 0.2) is 5.75 Å². The fraction of sp³-hybridized carbons (Fsp3) is 0.0750. The molecular weight excluding hydrogens is 701 g/mol. The number of carbonyl (C=O) groups is 3. The number of ether oxygens (including phenoxy) is 1. The predicted octanol–water partition coefficient (Wildman–Crippen LogP) is 10.6. The highest BCUT2D eigenvalue weighted by Gasteiger charge is 2.21. The zero-order valence-corrected chi connectivity index (χ0v) is 29.6. The summed E-state index contributed by atoms with van der Waals surface area (Å²) >= 11 is 12.4. The number of halogens is 2. The zero-order chi connectivity index (χ0) is 36.9. The third-order valence-electron chi connectivity index (χ3n) is 8.22. The normalized spacial score (nSPS) is 11.0. The highest BCUT2D eigenvalue weighted by Crippen LogP contribution is 2.41. The molecule has 6 aromatic rings. The van der Waals surface area contributed by atoms with E-state index in [1.807, 2.05) is 13.0 Å². The van der Waals surface area contributed by atoms with Crippen molar-refractivity contribution in [2.75, 3.05) is 23.1 Å². The molecule has 0 radical (unpaired) electrons. The van der Waals surface area contributed by atoms with Crippen LogP contribution >= 0.6 is 23.2 Å². The molecule has 0 saturated heterocycles. The molecule has 12 heteroatoms. The Bertz CT molecular complexity index is 2400. The molecule has 0 aliphatic rings. The molecule has 52 heavy (non-hydrogen) atoms. The van der Waals surface area contributed by atoms with Crippen molar-refractivity contribution in [3.8, 4) is 11.5 Å². The topological polar surface area (TPSA) is 141 Å². The molecule has 0 spiro atoms. The van der Waals surface area contributed by atoms with E-state index in [1.165, 1.54) is 19.2 Å². The van der Waals surface area contributed by atoms with Gasteiger partial charge in [0.2, 0.25) is 0 Å². The minimum atomic E-state index is -0.650. The molecule has 0 heterocycles. The minimum Gasteiger partial charge on any atom is -0.505 e. The molecule has 260 valence electrons. The van der Waals surface area contributed by atoms with Gasteiger partial charge in [0, 0.05) is 43.6 Å². The number of hydrogen-bond donors (Lipinski definition) is 4. The number of hydrogen-bond acceptors (Lipinski definition) is 7. The Morgan fingerprint density at radius 2 is 1.25 bits per heavy atom. The van der Waals surface area contributed by atoms with Crippen LogP contribution in [-0.2, 0) is 0 Å². The zero-order valence-electron chi connectivity index (χ0n) is 28.1. The molecule has 0 bridgehead atoms. The first kappa shape index (κ1) is 35.6. The van der Waals surface area contributed by atoms with Crippen molar-refractivity contribution in [2.24, 2.45) is 10.2 Å². The molecule has 0 atom stereocenters. The molecule has 0 aliphatic carbocycles. The molecular formula is C40H31Cl2N5O5. The quantitative estimate of drug-likeness (QED) is 0.110. The van der Waals surface area contributed by atoms with Crippen molar-refractivity contribution in [1.29, 1.82) is 0 Å². The number of amides is 3. The van der Waals surface area contributed by atoms with E-state index in [0.717, 1.165) is 11.1 Å². The van der Waals surface area contributed by atoms with Crippen molar-refractivity contribution in [2.45, 2.75) is 13.8 Å². The number of phenolic OH excluding ortho intramolecular Hbond substituents is 1. The van der Waals surface area contributed by atoms with Gasteiger partial charge in [0.05, 0.1) is 12.7 Å². The summed E-state index contributed by atoms with van der Waals surface area (Å²) in [7, 11) is 1.45. The Hall–Kier alpha value is -6.23. The number of nitrogens with one attached hydrogen (secondary N) is 3. The van der Waals surface area contributed by atoms with Crippen molar-refractivity contribution >= 4 is 80.1 Å². The van der Waals surface area contributed by atoms with Crippen LogP contribution in [0.1, 0.15) is 42.2 Å². The van der Waals surface area contributed by atoms with Crippen LogP contribution in [0.25, 0.3) is 10.8 Å². The Labute approximate surface area is 309 Å². The number of azo groups is 1. The van der Waals surface area contributed by atoms with Gasteiger partial charge in [-0.25, -0.2) is 0 Å². The summed E-state index contributed by atoms with van der Waals surface area (Å²) in [5.74, 6) is -1.60. The van der Waals surface area contributed by atoms with Gasteiger partial charge >= 0.3 is 0 Å². The number of aromatic hydroxyl groups is 1. The first-order chi connectivity index (χ1) is 25.0. The second kappa shape index (κ2) is 15.3. The Morgan fingerprint density at radius 1 is 0.654 bits per heavy atom. The van der Waals surface area contributed by atoms with Crippen LogP contribution < -0.4 is 20.7 Å². The average Bonchev–Trinajstić information content (AvgIpc) is 3.14. The molecule has 10 nitrogen and oxygen atoms in total. The molecule has 0 unspecified atom stereocenters. The van der Waals surface area contributed by atoms with Crippen LogP contribution in [0.5, 0.6) is 11.5 Å². The van der Waals surface area contributed by atoms with Crippen LogP contribution in [0, 0.1) is 13.8 Å². The molecule has 0 aliphatic heterocycles. The fourth-order valence-electron chi connectivity index (χ4n) is 5.37. The Morgan fingerprint density at radius 3 is 1.90 bits per heavy atom. The number of methoxy groups -OCH3 is 1. The minimum absolute atomic E-state index is 0.0516. The third kappa shape index (κ3) is 7.88. The molecule has 4 N–H and O–H groups in total. The maximum absolute atomic E-state index is 13.7. The predicted molar refractivity (Wildman–Crippen MR) is 205 cm³/mol. The van der Waals surface area contributed by atoms with Gasteiger partial charge in [-0.15, -0.1) is 10.2 Å². The highest BCUT2D eigenvalue weighted by atomic mass is 35.5. The summed E-state index contributed by atoms with van der Waals surface area (Å²) in [6, 6.07) is 30.1. The molecule has 0 aromatic heterocycles. The number of nitrogens with zero attached hydrogens (tertiary/aromatic N) is 2. The van der Waals surface area contributed by atoms with Crippen molar-refractivity contribution in [1.82, 2.24) is 0 Å². The van der Waals surface area contributed by atoms with Gasteiger partial charge in [-0.2, -0.15) is 0 Å². The van der Waals surface area contributed by atoms with Crippen LogP contribution in [0.4, 0.5) is 28.4 Å². The molecule has 6 aromatic carbocycles. The van der Waals surface area contributed by atoms with E-state index in [4.69, 9.17) is 27.9 Å². The van der Waals surface area contributed by atoms with Gasteiger partial charge < -0.3 is 25.8 Å². The molecule has 6 rings (SSSR count). The van der Waals surface area contributed by atoms with E-state index in [9.17, 15) is 19.5 Å². The average molecular weight is 733 g/mol. The smallest absolute Gasteiger partial charge is 0.259 e. The van der Waals surface area contributed by atoms with Crippen LogP contribution in [-0.4, -0.2) is 29.9 Å². The van der Waals surface area contributed by atoms with Crippen LogP contribution in [0.2, 0.25) is 10.0 Å². The van der Waals surface area contributed by atoms with Gasteiger partial charge in [0.1, 0.15) is 17.1 Å². The summed E-state index contributed by atoms with van der Waals surface area (Å²) < 4.78 is 5.48. The summed E-state index contributed by atoms with van der Waals surface area (Å²) in [5.41, 5.74) is 3.73. The van der Waals surface area contributed by atoms with E-state index < -0.39 is 17.6 Å². The lowest BCUT2D eigenvalue weighted by atomic mass is 10.00. The number of para-hydroxylation sites is 1. The van der Waals surface area contributed by atoms with Gasteiger partial charge in [0.25, 0.3) is 17.7 Å². The van der Waals surface area contributed by atoms with E-state index >= 15 is 0 Å². The van der Waals surface area contributed by atoms with Gasteiger partial charge in [-0.05, 0) is 103 Å². The molecule has 3 amide bonds. The lowest BCUT2D eigenvalue weighted by molar-refractivity contribution is 0.101. The maximum atomic E-state index is 13.7. The second-order valence-corrected chi connectivity index (χ2v) is 12.7. The third-order valence-corrected chi connectivity index (χ3v) is 8.69. The lowest BCUT2D eigenvalue weighted by Gasteiger charge is -2.14. The number of carbonyl (C=O) groups excluding carboxylic acids is 3. The Balaban J connectivity index is 1.42. The van der Waals surface area contributed by atoms with Crippen molar-refractivity contribution in [3.63, 3.8) is 0 Å². The van der Waals surface area contributed by atoms with E-state index in [-0.39, 0.29) is 34.0 Å². The van der Waals surface area contributed by atoms with Gasteiger partial charge in [-0.3, -0.25) is 14.4 Å². The molecule has 0 saturated carbocycles. The fourth-order valence-corrected chi connectivity index (χ4v) is 5.72. The number of benzene rings is 6. The summed E-state index contributed by atoms with van der Waals surface area (Å²) in [6.45, 7) is 3.65. The van der Waals surface area contributed by atoms with Gasteiger partial charge in [-0.1, -0.05) is 59.6 Å². The van der Waals surface area contributed by atoms with Crippen molar-refractivity contribution in [3.05, 3.63) is 147 Å². The first-order valence-electron chi connectivity index (χ1n) is 15.9. The largest absolute Gasteiger partial charge is 0.505 e. The summed E-state index contributed by atoms with van der Waals surface area (Å²) in [6.07, 6.45) is 0. The molecule has 0 fully saturated rings. The lowest BCUT2D eigenvalue weighted by Crippen LogP contribution is -2.14. The van der Waals surface area contributed by atoms with E-state index in [1.54, 1.807) is 97.9 Å². The number of aryl methyl sites for hydroxylation is 2. The SMILES string of the molecule is COc1ccc(C(=O)Nc2ccccc2)cc1/N=N/c1c(O)c(C(=O)Nc2cc(Cl)ccc2C)cc2cc(C(=O)Nc3cc(Cl)ccc3C)ccc12. The van der Waals surface area contributed by atoms with E-state index in [2.05, 4.69) is 26.2 Å². The summed E-state index contributed by atoms with van der Waals surface area (Å²) in [4.78, 5) is 40.2. The maximum Gasteiger partial charge on any atom is 0.259 e. The first-order valence-corrected chi connectivity index (χ1v) is 16.7. The number of anilines is 3. The highest BCUT2D eigenvalue weighted by molar-refractivity contribution is 6.31. The number of phenols is 1. The number of fused-ring (bicyclic) bond motifs is 1. The standard InChI is InChI=1S/C40H31Cl2N5O5/c1-22-9-13-27(41)20-32(22)44-39(50)24-11-15-30-26(17-24)18-31(40(51)45-33-21-28(42)14-10-23(33)2)37(48)36(30)47-46-34-19-25(12-16-35(34)52-3)38(49)43-29-7-5-4-6-8-29/h4-21,48H,1-3H3,(H,43,49)(H,44,50)(H,45,51)/b47-46+. The van der Waals surface area contributed by atoms with Crippen molar-refractivity contribution < 1.29 is 24.2 Å². The second-order valence-electron chi connectivity index (χ2n) is 11.8. The monoisotopic (exact) mass is 731 g/mol. The Kier molecular flexibility index (Phi) is 10.5. The van der Waals surface area contributed by atoms with Crippen LogP contribution in [0.3, 0.4) is 0 Å². The number of rotatable bonds is 9. The van der Waals surface area contributed by atoms with E-state index in [0.29, 0.717) is 43.6 Å². The van der Waals surface area contributed by atoms with Crippen LogP contribution in [0.15, 0.2) is 119 Å². The summed E-state index contributed by atoms with van der Waals surface area (Å²) in [5, 5.41) is 30.5.